The maximum atomic E-state index is 12.9. The highest BCUT2D eigenvalue weighted by Crippen LogP contribution is 2.10. The summed E-state index contributed by atoms with van der Waals surface area (Å²) in [4.78, 5) is 82.7. The van der Waals surface area contributed by atoms with Crippen molar-refractivity contribution in [2.75, 3.05) is 6.61 Å². The Morgan fingerprint density at radius 3 is 1.69 bits per heavy atom. The Morgan fingerprint density at radius 1 is 0.722 bits per heavy atom. The molecule has 36 heavy (non-hydrogen) atoms. The van der Waals surface area contributed by atoms with E-state index in [2.05, 4.69) is 16.0 Å². The van der Waals surface area contributed by atoms with Gasteiger partial charge in [-0.1, -0.05) is 20.3 Å². The first-order chi connectivity index (χ1) is 16.6. The Labute approximate surface area is 206 Å². The van der Waals surface area contributed by atoms with Crippen molar-refractivity contribution in [2.24, 2.45) is 11.7 Å². The number of carbonyl (C=O) groups is 7. The third kappa shape index (κ3) is 11.1. The normalized spacial score (nSPS) is 15.7. The van der Waals surface area contributed by atoms with E-state index < -0.39 is 97.1 Å². The molecular weight excluding hydrogens is 486 g/mol. The van der Waals surface area contributed by atoms with Gasteiger partial charge in [-0.15, -0.1) is 0 Å². The molecule has 0 rings (SSSR count). The van der Waals surface area contributed by atoms with Gasteiger partial charge in [0.05, 0.1) is 25.5 Å². The summed E-state index contributed by atoms with van der Waals surface area (Å²) < 4.78 is 0. The molecule has 0 saturated carbocycles. The van der Waals surface area contributed by atoms with Crippen LogP contribution in [0.4, 0.5) is 0 Å². The molecule has 0 aliphatic rings. The van der Waals surface area contributed by atoms with Crippen molar-refractivity contribution >= 4 is 41.5 Å². The molecule has 6 atom stereocenters. The summed E-state index contributed by atoms with van der Waals surface area (Å²) in [6.45, 7) is 3.54. The van der Waals surface area contributed by atoms with Crippen molar-refractivity contribution in [2.45, 2.75) is 70.2 Å². The van der Waals surface area contributed by atoms with Crippen LogP contribution < -0.4 is 27.0 Å². The summed E-state index contributed by atoms with van der Waals surface area (Å²) in [6, 6.07) is -7.44. The lowest BCUT2D eigenvalue weighted by Crippen LogP contribution is -2.60. The summed E-state index contributed by atoms with van der Waals surface area (Å²) in [5.41, 5.74) is 5.44. The second kappa shape index (κ2) is 15.3. The number of hydrogen-bond donors (Lipinski definition) is 9. The average molecular weight is 520 g/mol. The molecule has 0 spiro atoms. The van der Waals surface area contributed by atoms with E-state index in [4.69, 9.17) is 26.2 Å². The Balaban J connectivity index is 5.53. The maximum Gasteiger partial charge on any atom is 0.328 e. The minimum absolute atomic E-state index is 0.351. The van der Waals surface area contributed by atoms with Crippen LogP contribution in [0.1, 0.15) is 40.0 Å². The molecule has 0 radical (unpaired) electrons. The molecule has 16 heteroatoms. The van der Waals surface area contributed by atoms with Crippen LogP contribution in [-0.2, 0) is 33.6 Å². The van der Waals surface area contributed by atoms with Crippen molar-refractivity contribution in [1.29, 1.82) is 0 Å². The van der Waals surface area contributed by atoms with Gasteiger partial charge >= 0.3 is 17.9 Å². The quantitative estimate of drug-likeness (QED) is 0.0954. The summed E-state index contributed by atoms with van der Waals surface area (Å²) in [7, 11) is 0. The molecule has 0 bridgehead atoms. The van der Waals surface area contributed by atoms with Crippen molar-refractivity contribution in [1.82, 2.24) is 21.3 Å². The Bertz CT molecular complexity index is 850. The van der Waals surface area contributed by atoms with Gasteiger partial charge in [-0.25, -0.2) is 4.79 Å². The first kappa shape index (κ1) is 32.2. The molecule has 10 N–H and O–H groups in total. The standard InChI is InChI=1S/C20H33N5O11/c1-4-8(2)15(25-16(31)9(3)22-17(32)10(21)5-13(27)28)19(34)23-11(6-14(29)30)18(33)24-12(7-26)20(35)36/h8-12,15,26H,4-7,21H2,1-3H3,(H,22,32)(H,23,34)(H,24,33)(H,25,31)(H,27,28)(H,29,30)(H,35,36)/t8-,9-,10-,11-,12-,15-/m0/s1. The highest BCUT2D eigenvalue weighted by molar-refractivity contribution is 5.96. The van der Waals surface area contributed by atoms with Crippen LogP contribution in [-0.4, -0.2) is 98.8 Å². The van der Waals surface area contributed by atoms with Crippen LogP contribution in [0, 0.1) is 5.92 Å². The molecule has 0 fully saturated rings. The summed E-state index contributed by atoms with van der Waals surface area (Å²) in [5.74, 6) is -8.86. The number of carboxylic acid groups (broad SMARTS) is 3. The average Bonchev–Trinajstić information content (AvgIpc) is 2.78. The van der Waals surface area contributed by atoms with Crippen LogP contribution in [0.15, 0.2) is 0 Å². The van der Waals surface area contributed by atoms with E-state index in [1.54, 1.807) is 13.8 Å². The number of carbonyl (C=O) groups excluding carboxylic acids is 4. The molecule has 4 amide bonds. The predicted molar refractivity (Wildman–Crippen MR) is 120 cm³/mol. The van der Waals surface area contributed by atoms with Crippen LogP contribution in [0.3, 0.4) is 0 Å². The molecule has 0 aromatic heterocycles. The van der Waals surface area contributed by atoms with Crippen LogP contribution in [0.5, 0.6) is 0 Å². The van der Waals surface area contributed by atoms with Gasteiger partial charge in [0.2, 0.25) is 23.6 Å². The monoisotopic (exact) mass is 519 g/mol. The number of aliphatic hydroxyl groups excluding tert-OH is 1. The number of aliphatic hydroxyl groups is 1. The number of rotatable bonds is 16. The number of aliphatic carboxylic acids is 3. The number of nitrogens with two attached hydrogens (primary N) is 1. The summed E-state index contributed by atoms with van der Waals surface area (Å²) >= 11 is 0. The SMILES string of the molecule is CC[C@H](C)[C@H](NC(=O)[C@H](C)NC(=O)[C@@H](N)CC(=O)O)C(=O)N[C@@H](CC(=O)O)C(=O)N[C@@H](CO)C(=O)O. The fraction of sp³-hybridized carbons (Fsp3) is 0.650. The van der Waals surface area contributed by atoms with E-state index in [0.717, 1.165) is 0 Å². The second-order valence-electron chi connectivity index (χ2n) is 8.05. The van der Waals surface area contributed by atoms with Crippen LogP contribution in [0.2, 0.25) is 0 Å². The lowest BCUT2D eigenvalue weighted by atomic mass is 9.97. The Morgan fingerprint density at radius 2 is 1.25 bits per heavy atom. The highest BCUT2D eigenvalue weighted by atomic mass is 16.4. The largest absolute Gasteiger partial charge is 0.481 e. The van der Waals surface area contributed by atoms with E-state index in [-0.39, 0.29) is 0 Å². The topological polar surface area (TPSA) is 275 Å². The molecule has 0 heterocycles. The van der Waals surface area contributed by atoms with Gasteiger partial charge in [0.15, 0.2) is 0 Å². The van der Waals surface area contributed by atoms with E-state index in [1.807, 2.05) is 5.32 Å². The molecule has 0 aliphatic carbocycles. The van der Waals surface area contributed by atoms with E-state index in [9.17, 15) is 33.6 Å². The number of carboxylic acids is 3. The molecule has 0 aromatic rings. The van der Waals surface area contributed by atoms with Crippen molar-refractivity contribution in [3.63, 3.8) is 0 Å². The highest BCUT2D eigenvalue weighted by Gasteiger charge is 2.33. The number of amides is 4. The second-order valence-corrected chi connectivity index (χ2v) is 8.05. The zero-order valence-electron chi connectivity index (χ0n) is 20.0. The van der Waals surface area contributed by atoms with Crippen molar-refractivity contribution in [3.05, 3.63) is 0 Å². The lowest BCUT2D eigenvalue weighted by molar-refractivity contribution is -0.144. The Kier molecular flexibility index (Phi) is 13.6. The molecule has 0 aromatic carbocycles. The van der Waals surface area contributed by atoms with Gasteiger partial charge in [-0.05, 0) is 12.8 Å². The van der Waals surface area contributed by atoms with Crippen molar-refractivity contribution in [3.8, 4) is 0 Å². The summed E-state index contributed by atoms with van der Waals surface area (Å²) in [6.07, 6.45) is -1.25. The van der Waals surface area contributed by atoms with Gasteiger partial charge in [0.25, 0.3) is 0 Å². The third-order valence-corrected chi connectivity index (χ3v) is 5.09. The molecule has 0 saturated heterocycles. The minimum Gasteiger partial charge on any atom is -0.481 e. The first-order valence-corrected chi connectivity index (χ1v) is 10.9. The maximum absolute atomic E-state index is 12.9. The molecule has 16 nitrogen and oxygen atoms in total. The van der Waals surface area contributed by atoms with E-state index in [1.165, 1.54) is 6.92 Å². The molecule has 204 valence electrons. The Hall–Kier alpha value is -3.79. The van der Waals surface area contributed by atoms with Gasteiger partial charge in [-0.2, -0.15) is 0 Å². The van der Waals surface area contributed by atoms with Gasteiger partial charge < -0.3 is 47.4 Å². The number of hydrogen-bond acceptors (Lipinski definition) is 9. The van der Waals surface area contributed by atoms with E-state index >= 15 is 0 Å². The summed E-state index contributed by atoms with van der Waals surface area (Å²) in [5, 5.41) is 44.5. The van der Waals surface area contributed by atoms with Gasteiger partial charge in [-0.3, -0.25) is 28.8 Å². The smallest absolute Gasteiger partial charge is 0.328 e. The van der Waals surface area contributed by atoms with Gasteiger partial charge in [0, 0.05) is 0 Å². The number of nitrogens with one attached hydrogen (secondary N) is 4. The zero-order chi connectivity index (χ0) is 28.2. The van der Waals surface area contributed by atoms with Gasteiger partial charge in [0.1, 0.15) is 24.2 Å². The van der Waals surface area contributed by atoms with Crippen molar-refractivity contribution < 1.29 is 54.0 Å². The van der Waals surface area contributed by atoms with Crippen LogP contribution in [0.25, 0.3) is 0 Å². The molecule has 0 unspecified atom stereocenters. The minimum atomic E-state index is -1.74. The molecular formula is C20H33N5O11. The van der Waals surface area contributed by atoms with Crippen LogP contribution >= 0.6 is 0 Å². The van der Waals surface area contributed by atoms with E-state index in [0.29, 0.717) is 6.42 Å². The zero-order valence-corrected chi connectivity index (χ0v) is 20.0. The fourth-order valence-corrected chi connectivity index (χ4v) is 2.75. The predicted octanol–water partition coefficient (Wildman–Crippen LogP) is -3.65. The fourth-order valence-electron chi connectivity index (χ4n) is 2.75. The lowest BCUT2D eigenvalue weighted by Gasteiger charge is -2.27. The third-order valence-electron chi connectivity index (χ3n) is 5.09. The first-order valence-electron chi connectivity index (χ1n) is 10.9. The molecule has 0 aliphatic heterocycles.